The third-order valence-corrected chi connectivity index (χ3v) is 4.45. The monoisotopic (exact) mass is 371 g/mol. The number of hydrogen-bond acceptors (Lipinski definition) is 7. The van der Waals surface area contributed by atoms with E-state index in [0.717, 1.165) is 5.69 Å². The molecule has 10 heteroatoms. The fourth-order valence-corrected chi connectivity index (χ4v) is 3.11. The number of hydrogen-bond donors (Lipinski definition) is 2. The molecule has 2 N–H and O–H groups in total. The van der Waals surface area contributed by atoms with Gasteiger partial charge in [-0.2, -0.15) is 4.68 Å². The van der Waals surface area contributed by atoms with E-state index in [1.54, 1.807) is 18.5 Å². The Morgan fingerprint density at radius 3 is 2.85 bits per heavy atom. The number of nitrogens with zero attached hydrogens (tertiary/aromatic N) is 5. The number of thioether (sulfide) groups is 1. The van der Waals surface area contributed by atoms with Crippen LogP contribution in [0.1, 0.15) is 18.4 Å². The van der Waals surface area contributed by atoms with Crippen LogP contribution in [0.25, 0.3) is 5.69 Å². The summed E-state index contributed by atoms with van der Waals surface area (Å²) >= 11 is 1.18. The van der Waals surface area contributed by atoms with E-state index in [2.05, 4.69) is 30.8 Å². The van der Waals surface area contributed by atoms with E-state index >= 15 is 0 Å². The van der Waals surface area contributed by atoms with Gasteiger partial charge in [0.25, 0.3) is 5.56 Å². The zero-order valence-corrected chi connectivity index (χ0v) is 15.0. The van der Waals surface area contributed by atoms with Crippen molar-refractivity contribution in [3.8, 4) is 5.69 Å². The molecule has 26 heavy (non-hydrogen) atoms. The largest absolute Gasteiger partial charge is 0.348 e. The summed E-state index contributed by atoms with van der Waals surface area (Å²) in [5.41, 5.74) is 1.17. The van der Waals surface area contributed by atoms with Gasteiger partial charge in [-0.25, -0.2) is 4.98 Å². The zero-order valence-electron chi connectivity index (χ0n) is 14.2. The third-order valence-electron chi connectivity index (χ3n) is 3.46. The molecule has 0 radical (unpaired) electrons. The molecule has 2 heterocycles. The van der Waals surface area contributed by atoms with Crippen molar-refractivity contribution in [1.29, 1.82) is 0 Å². The first-order chi connectivity index (χ1) is 12.5. The van der Waals surface area contributed by atoms with Gasteiger partial charge in [0.1, 0.15) is 0 Å². The molecule has 1 amide bonds. The number of aromatic nitrogens is 6. The molecule has 1 atom stereocenters. The van der Waals surface area contributed by atoms with Crippen LogP contribution in [0.15, 0.2) is 46.3 Å². The van der Waals surface area contributed by atoms with Gasteiger partial charge in [0.2, 0.25) is 5.91 Å². The van der Waals surface area contributed by atoms with Crippen LogP contribution in [-0.2, 0) is 11.3 Å². The Hall–Kier alpha value is -3.01. The second kappa shape index (κ2) is 7.91. The normalized spacial score (nSPS) is 11.9. The number of carbonyl (C=O) groups is 1. The topological polar surface area (TPSA) is 118 Å². The van der Waals surface area contributed by atoms with Crippen molar-refractivity contribution < 1.29 is 4.79 Å². The molecule has 0 fully saturated rings. The van der Waals surface area contributed by atoms with Crippen LogP contribution in [0.5, 0.6) is 0 Å². The van der Waals surface area contributed by atoms with Crippen LogP contribution >= 0.6 is 11.8 Å². The SMILES string of the molecule is Cc1cc(=O)[nH]c(S[C@H](C)C(=O)NCc2nnnn2-c2ccccc2)n1. The van der Waals surface area contributed by atoms with Crippen LogP contribution in [-0.4, -0.2) is 41.3 Å². The third kappa shape index (κ3) is 4.33. The predicted octanol–water partition coefficient (Wildman–Crippen LogP) is 0.851. The van der Waals surface area contributed by atoms with Crippen molar-refractivity contribution in [1.82, 2.24) is 35.5 Å². The molecule has 0 saturated carbocycles. The van der Waals surface area contributed by atoms with Crippen molar-refractivity contribution in [2.45, 2.75) is 30.8 Å². The Bertz CT molecular complexity index is 954. The molecule has 0 unspecified atom stereocenters. The van der Waals surface area contributed by atoms with E-state index in [9.17, 15) is 9.59 Å². The number of para-hydroxylation sites is 1. The Balaban J connectivity index is 1.62. The smallest absolute Gasteiger partial charge is 0.251 e. The minimum atomic E-state index is -0.444. The first kappa shape index (κ1) is 17.8. The highest BCUT2D eigenvalue weighted by Crippen LogP contribution is 2.18. The summed E-state index contributed by atoms with van der Waals surface area (Å²) < 4.78 is 1.57. The maximum absolute atomic E-state index is 12.3. The second-order valence-electron chi connectivity index (χ2n) is 5.51. The number of rotatable bonds is 6. The molecule has 9 nitrogen and oxygen atoms in total. The van der Waals surface area contributed by atoms with Gasteiger partial charge in [0.15, 0.2) is 11.0 Å². The number of aromatic amines is 1. The molecule has 134 valence electrons. The van der Waals surface area contributed by atoms with E-state index in [4.69, 9.17) is 0 Å². The first-order valence-electron chi connectivity index (χ1n) is 7.88. The van der Waals surface area contributed by atoms with Crippen LogP contribution < -0.4 is 10.9 Å². The average Bonchev–Trinajstić information content (AvgIpc) is 3.08. The standard InChI is InChI=1S/C16H17N7O2S/c1-10-8-14(24)19-16(18-10)26-11(2)15(25)17-9-13-20-21-22-23(13)12-6-4-3-5-7-12/h3-8,11H,9H2,1-2H3,(H,17,25)(H,18,19,24)/t11-/m1/s1. The first-order valence-corrected chi connectivity index (χ1v) is 8.76. The number of benzene rings is 1. The maximum Gasteiger partial charge on any atom is 0.251 e. The van der Waals surface area contributed by atoms with Crippen LogP contribution in [0.4, 0.5) is 0 Å². The van der Waals surface area contributed by atoms with Crippen molar-refractivity contribution >= 4 is 17.7 Å². The highest BCUT2D eigenvalue weighted by molar-refractivity contribution is 8.00. The van der Waals surface area contributed by atoms with Crippen molar-refractivity contribution in [3.63, 3.8) is 0 Å². The summed E-state index contributed by atoms with van der Waals surface area (Å²) in [4.78, 5) is 30.6. The Morgan fingerprint density at radius 2 is 2.12 bits per heavy atom. The number of tetrazole rings is 1. The van der Waals surface area contributed by atoms with Crippen molar-refractivity contribution in [2.24, 2.45) is 0 Å². The van der Waals surface area contributed by atoms with E-state index in [1.165, 1.54) is 17.8 Å². The van der Waals surface area contributed by atoms with E-state index in [0.29, 0.717) is 16.7 Å². The van der Waals surface area contributed by atoms with Gasteiger partial charge in [-0.3, -0.25) is 9.59 Å². The van der Waals surface area contributed by atoms with Crippen molar-refractivity contribution in [3.05, 3.63) is 58.3 Å². The van der Waals surface area contributed by atoms with E-state index in [-0.39, 0.29) is 18.0 Å². The van der Waals surface area contributed by atoms with Crippen LogP contribution in [0.3, 0.4) is 0 Å². The fraction of sp³-hybridized carbons (Fsp3) is 0.250. The van der Waals surface area contributed by atoms with Gasteiger partial charge in [0, 0.05) is 11.8 Å². The van der Waals surface area contributed by atoms with Gasteiger partial charge in [-0.15, -0.1) is 5.10 Å². The highest BCUT2D eigenvalue weighted by Gasteiger charge is 2.17. The summed E-state index contributed by atoms with van der Waals surface area (Å²) in [6.07, 6.45) is 0. The second-order valence-corrected chi connectivity index (χ2v) is 6.84. The lowest BCUT2D eigenvalue weighted by Gasteiger charge is -2.11. The number of aryl methyl sites for hydroxylation is 1. The molecule has 0 aliphatic heterocycles. The molecule has 1 aromatic carbocycles. The van der Waals surface area contributed by atoms with Gasteiger partial charge in [-0.1, -0.05) is 30.0 Å². The molecule has 2 aromatic heterocycles. The average molecular weight is 371 g/mol. The number of H-pyrrole nitrogens is 1. The molecule has 0 bridgehead atoms. The molecule has 0 aliphatic carbocycles. The van der Waals surface area contributed by atoms with Gasteiger partial charge in [-0.05, 0) is 36.4 Å². The molecule has 3 rings (SSSR count). The maximum atomic E-state index is 12.3. The molecule has 0 saturated heterocycles. The van der Waals surface area contributed by atoms with Crippen LogP contribution in [0, 0.1) is 6.92 Å². The molecule has 3 aromatic rings. The Kier molecular flexibility index (Phi) is 5.42. The zero-order chi connectivity index (χ0) is 18.5. The lowest BCUT2D eigenvalue weighted by atomic mass is 10.3. The summed E-state index contributed by atoms with van der Waals surface area (Å²) in [5.74, 6) is 0.311. The molecule has 0 aliphatic rings. The Morgan fingerprint density at radius 1 is 1.35 bits per heavy atom. The summed E-state index contributed by atoms with van der Waals surface area (Å²) in [5, 5.41) is 14.3. The molecular formula is C16H17N7O2S. The van der Waals surface area contributed by atoms with E-state index in [1.807, 2.05) is 30.3 Å². The highest BCUT2D eigenvalue weighted by atomic mass is 32.2. The van der Waals surface area contributed by atoms with E-state index < -0.39 is 5.25 Å². The fourth-order valence-electron chi connectivity index (χ4n) is 2.22. The minimum Gasteiger partial charge on any atom is -0.348 e. The number of nitrogens with one attached hydrogen (secondary N) is 2. The van der Waals surface area contributed by atoms with Gasteiger partial charge < -0.3 is 10.3 Å². The molecule has 0 spiro atoms. The minimum absolute atomic E-state index is 0.184. The number of amides is 1. The van der Waals surface area contributed by atoms with Gasteiger partial charge >= 0.3 is 0 Å². The van der Waals surface area contributed by atoms with Gasteiger partial charge in [0.05, 0.1) is 17.5 Å². The summed E-state index contributed by atoms with van der Waals surface area (Å²) in [6, 6.07) is 10.8. The Labute approximate surface area is 153 Å². The van der Waals surface area contributed by atoms with Crippen LogP contribution in [0.2, 0.25) is 0 Å². The van der Waals surface area contributed by atoms with Crippen molar-refractivity contribution in [2.75, 3.05) is 0 Å². The molecular weight excluding hydrogens is 354 g/mol. The predicted molar refractivity (Wildman–Crippen MR) is 95.9 cm³/mol. The lowest BCUT2D eigenvalue weighted by Crippen LogP contribution is -2.31. The number of carbonyl (C=O) groups excluding carboxylic acids is 1. The lowest BCUT2D eigenvalue weighted by molar-refractivity contribution is -0.120. The quantitative estimate of drug-likeness (QED) is 0.487. The summed E-state index contributed by atoms with van der Waals surface area (Å²) in [7, 11) is 0. The summed E-state index contributed by atoms with van der Waals surface area (Å²) in [6.45, 7) is 3.65.